The molecule has 56 valence electrons. The molecule has 0 fully saturated rings. The molecule has 0 spiro atoms. The number of nitrogens with zero attached hydrogens (tertiary/aromatic N) is 4. The Morgan fingerprint density at radius 3 is 3.18 bits per heavy atom. The van der Waals surface area contributed by atoms with Crippen LogP contribution >= 0.6 is 0 Å². The number of aromatic nitrogens is 4. The molecule has 1 N–H and O–H groups in total. The zero-order valence-electron chi connectivity index (χ0n) is 5.68. The maximum absolute atomic E-state index is 8.68. The molecule has 0 saturated carbocycles. The number of hydrogen-bond acceptors (Lipinski definition) is 4. The van der Waals surface area contributed by atoms with Crippen molar-refractivity contribution < 1.29 is 5.11 Å². The predicted molar refractivity (Wildman–Crippen MR) is 36.7 cm³/mol. The van der Waals surface area contributed by atoms with Crippen LogP contribution in [0.4, 0.5) is 0 Å². The first-order valence-electron chi connectivity index (χ1n) is 3.16. The van der Waals surface area contributed by atoms with Gasteiger partial charge in [0, 0.05) is 12.4 Å². The Morgan fingerprint density at radius 1 is 1.55 bits per heavy atom. The third-order valence-electron chi connectivity index (χ3n) is 1.33. The largest absolute Gasteiger partial charge is 0.388 e. The summed E-state index contributed by atoms with van der Waals surface area (Å²) in [6.07, 6.45) is 4.89. The van der Waals surface area contributed by atoms with E-state index in [0.717, 1.165) is 0 Å². The third kappa shape index (κ3) is 0.947. The quantitative estimate of drug-likeness (QED) is 0.601. The van der Waals surface area contributed by atoms with Crippen molar-refractivity contribution in [2.24, 2.45) is 0 Å². The van der Waals surface area contributed by atoms with Crippen LogP contribution < -0.4 is 0 Å². The molecule has 5 heteroatoms. The SMILES string of the molecule is OCc1nc2cnccn2n1. The summed E-state index contributed by atoms with van der Waals surface area (Å²) >= 11 is 0. The van der Waals surface area contributed by atoms with E-state index in [1.54, 1.807) is 23.1 Å². The molecule has 0 saturated heterocycles. The molecule has 2 rings (SSSR count). The smallest absolute Gasteiger partial charge is 0.177 e. The molecule has 2 heterocycles. The molecule has 0 aliphatic heterocycles. The second-order valence-electron chi connectivity index (χ2n) is 2.07. The van der Waals surface area contributed by atoms with Crippen LogP contribution in [0.1, 0.15) is 5.82 Å². The first kappa shape index (κ1) is 6.23. The van der Waals surface area contributed by atoms with E-state index in [9.17, 15) is 0 Å². The highest BCUT2D eigenvalue weighted by Crippen LogP contribution is 1.96. The number of aliphatic hydroxyl groups is 1. The van der Waals surface area contributed by atoms with E-state index in [1.807, 2.05) is 0 Å². The fourth-order valence-electron chi connectivity index (χ4n) is 0.857. The van der Waals surface area contributed by atoms with Gasteiger partial charge in [0.15, 0.2) is 11.5 Å². The van der Waals surface area contributed by atoms with Crippen molar-refractivity contribution in [2.75, 3.05) is 0 Å². The molecule has 0 aromatic carbocycles. The molecule has 2 aromatic heterocycles. The Morgan fingerprint density at radius 2 is 2.45 bits per heavy atom. The summed E-state index contributed by atoms with van der Waals surface area (Å²) in [6.45, 7) is -0.137. The Bertz CT molecular complexity index is 336. The van der Waals surface area contributed by atoms with Gasteiger partial charge in [-0.15, -0.1) is 5.10 Å². The summed E-state index contributed by atoms with van der Waals surface area (Å²) in [4.78, 5) is 7.83. The second-order valence-corrected chi connectivity index (χ2v) is 2.07. The van der Waals surface area contributed by atoms with Crippen molar-refractivity contribution in [1.82, 2.24) is 19.6 Å². The zero-order valence-corrected chi connectivity index (χ0v) is 5.68. The van der Waals surface area contributed by atoms with E-state index in [1.165, 1.54) is 0 Å². The molecule has 2 aromatic rings. The van der Waals surface area contributed by atoms with Crippen LogP contribution in [0.3, 0.4) is 0 Å². The molecular formula is C6H6N4O. The van der Waals surface area contributed by atoms with Crippen LogP contribution in [-0.2, 0) is 6.61 Å². The van der Waals surface area contributed by atoms with Crippen LogP contribution in [0.15, 0.2) is 18.6 Å². The molecule has 0 amide bonds. The minimum absolute atomic E-state index is 0.137. The summed E-state index contributed by atoms with van der Waals surface area (Å²) in [7, 11) is 0. The van der Waals surface area contributed by atoms with Crippen molar-refractivity contribution in [3.8, 4) is 0 Å². The van der Waals surface area contributed by atoms with Gasteiger partial charge in [0.1, 0.15) is 6.61 Å². The highest BCUT2D eigenvalue weighted by molar-refractivity contribution is 5.32. The molecular weight excluding hydrogens is 144 g/mol. The molecule has 11 heavy (non-hydrogen) atoms. The van der Waals surface area contributed by atoms with Crippen LogP contribution in [0.25, 0.3) is 5.65 Å². The van der Waals surface area contributed by atoms with Crippen LogP contribution in [0.5, 0.6) is 0 Å². The average molecular weight is 150 g/mol. The monoisotopic (exact) mass is 150 g/mol. The van der Waals surface area contributed by atoms with Gasteiger partial charge in [-0.1, -0.05) is 0 Å². The Kier molecular flexibility index (Phi) is 1.29. The van der Waals surface area contributed by atoms with Gasteiger partial charge in [-0.25, -0.2) is 9.50 Å². The first-order valence-corrected chi connectivity index (χ1v) is 3.16. The minimum Gasteiger partial charge on any atom is -0.388 e. The lowest BCUT2D eigenvalue weighted by Gasteiger charge is -1.84. The van der Waals surface area contributed by atoms with E-state index in [-0.39, 0.29) is 6.61 Å². The summed E-state index contributed by atoms with van der Waals surface area (Å²) in [5.41, 5.74) is 0.650. The van der Waals surface area contributed by atoms with Crippen molar-refractivity contribution in [3.05, 3.63) is 24.4 Å². The van der Waals surface area contributed by atoms with Crippen molar-refractivity contribution in [3.63, 3.8) is 0 Å². The molecule has 0 aliphatic rings. The normalized spacial score (nSPS) is 10.6. The minimum atomic E-state index is -0.137. The van der Waals surface area contributed by atoms with E-state index in [0.29, 0.717) is 11.5 Å². The van der Waals surface area contributed by atoms with Crippen LogP contribution in [-0.4, -0.2) is 24.7 Å². The van der Waals surface area contributed by atoms with Gasteiger partial charge < -0.3 is 5.11 Å². The van der Waals surface area contributed by atoms with E-state index in [2.05, 4.69) is 15.1 Å². The van der Waals surface area contributed by atoms with Gasteiger partial charge in [-0.05, 0) is 0 Å². The maximum atomic E-state index is 8.68. The molecule has 0 atom stereocenters. The first-order chi connectivity index (χ1) is 5.40. The number of hydrogen-bond donors (Lipinski definition) is 1. The fourth-order valence-corrected chi connectivity index (χ4v) is 0.857. The van der Waals surface area contributed by atoms with Gasteiger partial charge in [0.05, 0.1) is 6.20 Å². The average Bonchev–Trinajstić information content (AvgIpc) is 2.46. The lowest BCUT2D eigenvalue weighted by molar-refractivity contribution is 0.271. The summed E-state index contributed by atoms with van der Waals surface area (Å²) in [5, 5.41) is 12.6. The molecule has 0 radical (unpaired) electrons. The van der Waals surface area contributed by atoms with Crippen LogP contribution in [0, 0.1) is 0 Å². The lowest BCUT2D eigenvalue weighted by Crippen LogP contribution is -1.88. The molecule has 0 unspecified atom stereocenters. The van der Waals surface area contributed by atoms with Gasteiger partial charge in [-0.3, -0.25) is 4.98 Å². The standard InChI is InChI=1S/C6H6N4O/c11-4-5-8-6-3-7-1-2-10(6)9-5/h1-3,11H,4H2. The van der Waals surface area contributed by atoms with E-state index in [4.69, 9.17) is 5.11 Å². The number of rotatable bonds is 1. The third-order valence-corrected chi connectivity index (χ3v) is 1.33. The Labute approximate surface area is 62.3 Å². The molecule has 0 bridgehead atoms. The second kappa shape index (κ2) is 2.28. The number of aliphatic hydroxyl groups excluding tert-OH is 1. The van der Waals surface area contributed by atoms with Gasteiger partial charge in [-0.2, -0.15) is 0 Å². The van der Waals surface area contributed by atoms with Crippen molar-refractivity contribution >= 4 is 5.65 Å². The summed E-state index contributed by atoms with van der Waals surface area (Å²) < 4.78 is 1.57. The maximum Gasteiger partial charge on any atom is 0.177 e. The van der Waals surface area contributed by atoms with Crippen LogP contribution in [0.2, 0.25) is 0 Å². The molecule has 5 nitrogen and oxygen atoms in total. The van der Waals surface area contributed by atoms with Gasteiger partial charge in [0.2, 0.25) is 0 Å². The predicted octanol–water partition coefficient (Wildman–Crippen LogP) is -0.383. The summed E-state index contributed by atoms with van der Waals surface area (Å²) in [6, 6.07) is 0. The van der Waals surface area contributed by atoms with Crippen molar-refractivity contribution in [2.45, 2.75) is 6.61 Å². The van der Waals surface area contributed by atoms with Gasteiger partial charge in [0.25, 0.3) is 0 Å². The highest BCUT2D eigenvalue weighted by Gasteiger charge is 1.99. The van der Waals surface area contributed by atoms with E-state index < -0.39 is 0 Å². The fraction of sp³-hybridized carbons (Fsp3) is 0.167. The Balaban J connectivity index is 2.69. The Hall–Kier alpha value is -1.49. The topological polar surface area (TPSA) is 63.3 Å². The van der Waals surface area contributed by atoms with E-state index >= 15 is 0 Å². The summed E-state index contributed by atoms with van der Waals surface area (Å²) in [5.74, 6) is 0.415. The zero-order chi connectivity index (χ0) is 7.68. The molecule has 0 aliphatic carbocycles. The lowest BCUT2D eigenvalue weighted by atomic mass is 10.7. The van der Waals surface area contributed by atoms with Gasteiger partial charge >= 0.3 is 0 Å². The number of fused-ring (bicyclic) bond motifs is 1. The highest BCUT2D eigenvalue weighted by atomic mass is 16.3. The van der Waals surface area contributed by atoms with Crippen molar-refractivity contribution in [1.29, 1.82) is 0 Å².